The molecule has 1 aromatic carbocycles. The van der Waals surface area contributed by atoms with Crippen molar-refractivity contribution in [1.29, 1.82) is 0 Å². The number of hydrogen-bond acceptors (Lipinski definition) is 2. The fraction of sp³-hybridized carbons (Fsp3) is 0.111. The summed E-state index contributed by atoms with van der Waals surface area (Å²) in [5, 5.41) is 9.12. The van der Waals surface area contributed by atoms with Crippen molar-refractivity contribution in [2.45, 2.75) is 6.04 Å². The van der Waals surface area contributed by atoms with E-state index in [1.165, 1.54) is 0 Å². The third-order valence-electron chi connectivity index (χ3n) is 1.77. The van der Waals surface area contributed by atoms with Crippen LogP contribution in [-0.2, 0) is 0 Å². The third kappa shape index (κ3) is 1.58. The highest BCUT2D eigenvalue weighted by Crippen LogP contribution is 2.29. The summed E-state index contributed by atoms with van der Waals surface area (Å²) in [6.45, 7) is 3.25. The molecule has 0 fully saturated rings. The maximum atomic E-state index is 13.1. The Morgan fingerprint density at radius 2 is 1.93 bits per heavy atom. The van der Waals surface area contributed by atoms with Gasteiger partial charge in [-0.1, -0.05) is 6.08 Å². The van der Waals surface area contributed by atoms with Crippen molar-refractivity contribution < 1.29 is 18.3 Å². The molecule has 3 N–H and O–H groups in total. The molecule has 0 aliphatic heterocycles. The number of nitrogens with two attached hydrogens (primary N) is 1. The van der Waals surface area contributed by atoms with E-state index >= 15 is 0 Å². The van der Waals surface area contributed by atoms with Crippen molar-refractivity contribution in [3.8, 4) is 5.75 Å². The van der Waals surface area contributed by atoms with Gasteiger partial charge in [0.25, 0.3) is 0 Å². The van der Waals surface area contributed by atoms with Gasteiger partial charge < -0.3 is 10.8 Å². The van der Waals surface area contributed by atoms with E-state index < -0.39 is 34.8 Å². The first-order valence-corrected chi connectivity index (χ1v) is 3.73. The van der Waals surface area contributed by atoms with Gasteiger partial charge in [0.05, 0.1) is 11.6 Å². The summed E-state index contributed by atoms with van der Waals surface area (Å²) >= 11 is 0. The Kier molecular flexibility index (Phi) is 2.81. The molecule has 0 bridgehead atoms. The molecule has 0 spiro atoms. The quantitative estimate of drug-likeness (QED) is 0.570. The zero-order valence-corrected chi connectivity index (χ0v) is 7.10. The fourth-order valence-electron chi connectivity index (χ4n) is 1.03. The number of phenols is 1. The predicted octanol–water partition coefficient (Wildman–Crippen LogP) is 2.00. The van der Waals surface area contributed by atoms with E-state index in [1.54, 1.807) is 0 Å². The molecule has 0 unspecified atom stereocenters. The van der Waals surface area contributed by atoms with E-state index in [4.69, 9.17) is 10.8 Å². The summed E-state index contributed by atoms with van der Waals surface area (Å²) in [5.74, 6) is -5.33. The topological polar surface area (TPSA) is 46.2 Å². The normalized spacial score (nSPS) is 12.6. The van der Waals surface area contributed by atoms with Gasteiger partial charge in [0, 0.05) is 6.07 Å². The number of aromatic hydroxyl groups is 1. The Morgan fingerprint density at radius 3 is 2.43 bits per heavy atom. The lowest BCUT2D eigenvalue weighted by atomic mass is 10.1. The molecule has 14 heavy (non-hydrogen) atoms. The van der Waals surface area contributed by atoms with Crippen LogP contribution in [0.1, 0.15) is 11.6 Å². The largest absolute Gasteiger partial charge is 0.507 e. The van der Waals surface area contributed by atoms with Gasteiger partial charge in [0.2, 0.25) is 0 Å². The van der Waals surface area contributed by atoms with Crippen LogP contribution in [0.2, 0.25) is 0 Å². The molecule has 0 radical (unpaired) electrons. The van der Waals surface area contributed by atoms with E-state index in [-0.39, 0.29) is 0 Å². The predicted molar refractivity (Wildman–Crippen MR) is 45.1 cm³/mol. The summed E-state index contributed by atoms with van der Waals surface area (Å²) in [5.41, 5.74) is 4.81. The van der Waals surface area contributed by atoms with Gasteiger partial charge >= 0.3 is 0 Å². The molecular formula is C9H8F3NO. The van der Waals surface area contributed by atoms with Crippen molar-refractivity contribution in [3.63, 3.8) is 0 Å². The summed E-state index contributed by atoms with van der Waals surface area (Å²) in [6, 6.07) is -0.609. The minimum absolute atomic E-state index is 0.469. The lowest BCUT2D eigenvalue weighted by Gasteiger charge is -2.11. The van der Waals surface area contributed by atoms with Crippen molar-refractivity contribution in [1.82, 2.24) is 0 Å². The molecule has 0 amide bonds. The zero-order valence-electron chi connectivity index (χ0n) is 7.10. The van der Waals surface area contributed by atoms with Crippen LogP contribution in [-0.4, -0.2) is 5.11 Å². The Labute approximate surface area is 78.5 Å². The first-order chi connectivity index (χ1) is 6.49. The van der Waals surface area contributed by atoms with Crippen LogP contribution in [0.5, 0.6) is 5.75 Å². The highest BCUT2D eigenvalue weighted by molar-refractivity contribution is 5.38. The summed E-state index contributed by atoms with van der Waals surface area (Å²) in [7, 11) is 0. The third-order valence-corrected chi connectivity index (χ3v) is 1.77. The van der Waals surface area contributed by atoms with Gasteiger partial charge in [-0.05, 0) is 0 Å². The number of halogens is 3. The van der Waals surface area contributed by atoms with Crippen LogP contribution in [0.3, 0.4) is 0 Å². The first kappa shape index (κ1) is 10.6. The molecule has 1 rings (SSSR count). The lowest BCUT2D eigenvalue weighted by molar-refractivity contribution is 0.406. The second-order valence-electron chi connectivity index (χ2n) is 2.68. The maximum absolute atomic E-state index is 13.1. The van der Waals surface area contributed by atoms with Gasteiger partial charge in [0.1, 0.15) is 5.75 Å². The van der Waals surface area contributed by atoms with Crippen LogP contribution < -0.4 is 5.73 Å². The maximum Gasteiger partial charge on any atom is 0.195 e. The molecule has 5 heteroatoms. The average molecular weight is 203 g/mol. The van der Waals surface area contributed by atoms with E-state index in [9.17, 15) is 13.2 Å². The average Bonchev–Trinajstić information content (AvgIpc) is 2.14. The monoisotopic (exact) mass is 203 g/mol. The van der Waals surface area contributed by atoms with Crippen molar-refractivity contribution in [3.05, 3.63) is 41.7 Å². The minimum Gasteiger partial charge on any atom is -0.507 e. The lowest BCUT2D eigenvalue weighted by Crippen LogP contribution is -2.11. The first-order valence-electron chi connectivity index (χ1n) is 3.73. The van der Waals surface area contributed by atoms with Gasteiger partial charge in [-0.2, -0.15) is 0 Å². The molecule has 0 heterocycles. The molecule has 0 saturated carbocycles. The molecular weight excluding hydrogens is 195 g/mol. The smallest absolute Gasteiger partial charge is 0.195 e. The molecule has 0 aliphatic carbocycles. The molecule has 76 valence electrons. The summed E-state index contributed by atoms with van der Waals surface area (Å²) in [6.07, 6.45) is 1.11. The van der Waals surface area contributed by atoms with Crippen LogP contribution in [0.25, 0.3) is 0 Å². The zero-order chi connectivity index (χ0) is 10.9. The number of hydrogen-bond donors (Lipinski definition) is 2. The van der Waals surface area contributed by atoms with E-state index in [2.05, 4.69) is 6.58 Å². The Bertz CT molecular complexity index is 379. The number of rotatable bonds is 2. The molecule has 1 aromatic rings. The second kappa shape index (κ2) is 3.71. The van der Waals surface area contributed by atoms with Gasteiger partial charge in [-0.3, -0.25) is 0 Å². The highest BCUT2D eigenvalue weighted by atomic mass is 19.2. The molecule has 1 atom stereocenters. The molecule has 2 nitrogen and oxygen atoms in total. The van der Waals surface area contributed by atoms with Crippen molar-refractivity contribution in [2.24, 2.45) is 5.73 Å². The Morgan fingerprint density at radius 1 is 1.36 bits per heavy atom. The molecule has 0 saturated heterocycles. The minimum atomic E-state index is -1.66. The van der Waals surface area contributed by atoms with Gasteiger partial charge in [0.15, 0.2) is 17.5 Å². The van der Waals surface area contributed by atoms with Gasteiger partial charge in [-0.25, -0.2) is 13.2 Å². The van der Waals surface area contributed by atoms with Gasteiger partial charge in [-0.15, -0.1) is 6.58 Å². The van der Waals surface area contributed by atoms with E-state index in [1.807, 2.05) is 0 Å². The Hall–Kier alpha value is -1.49. The highest BCUT2D eigenvalue weighted by Gasteiger charge is 2.21. The molecule has 0 aromatic heterocycles. The SMILES string of the molecule is C=C[C@@H](N)c1c(O)cc(F)c(F)c1F. The number of benzene rings is 1. The van der Waals surface area contributed by atoms with Crippen LogP contribution in [0.4, 0.5) is 13.2 Å². The summed E-state index contributed by atoms with van der Waals surface area (Å²) < 4.78 is 38.3. The number of phenolic OH excluding ortho intramolecular Hbond substituents is 1. The fourth-order valence-corrected chi connectivity index (χ4v) is 1.03. The van der Waals surface area contributed by atoms with Crippen molar-refractivity contribution in [2.75, 3.05) is 0 Å². The van der Waals surface area contributed by atoms with Crippen molar-refractivity contribution >= 4 is 0 Å². The standard InChI is InChI=1S/C9H8F3NO/c1-2-5(13)7-6(14)3-4(10)8(11)9(7)12/h2-3,5,14H,1,13H2/t5-/m1/s1. The second-order valence-corrected chi connectivity index (χ2v) is 2.68. The summed E-state index contributed by atoms with van der Waals surface area (Å²) in [4.78, 5) is 0. The Balaban J connectivity index is 3.43. The van der Waals surface area contributed by atoms with Crippen LogP contribution >= 0.6 is 0 Å². The van der Waals surface area contributed by atoms with E-state index in [0.29, 0.717) is 6.07 Å². The van der Waals surface area contributed by atoms with Crippen LogP contribution in [0, 0.1) is 17.5 Å². The van der Waals surface area contributed by atoms with E-state index in [0.717, 1.165) is 6.08 Å². The van der Waals surface area contributed by atoms with Crippen LogP contribution in [0.15, 0.2) is 18.7 Å². The molecule has 0 aliphatic rings.